The van der Waals surface area contributed by atoms with Crippen molar-refractivity contribution < 1.29 is 9.59 Å². The summed E-state index contributed by atoms with van der Waals surface area (Å²) in [5.41, 5.74) is 0.962. The first-order chi connectivity index (χ1) is 8.13. The zero-order valence-electron chi connectivity index (χ0n) is 8.89. The molecule has 1 fully saturated rings. The summed E-state index contributed by atoms with van der Waals surface area (Å²) < 4.78 is 0. The van der Waals surface area contributed by atoms with Crippen LogP contribution in [0.3, 0.4) is 0 Å². The first kappa shape index (κ1) is 11.6. The van der Waals surface area contributed by atoms with E-state index in [2.05, 4.69) is 0 Å². The van der Waals surface area contributed by atoms with Crippen LogP contribution in [-0.4, -0.2) is 17.7 Å². The van der Waals surface area contributed by atoms with E-state index in [1.807, 2.05) is 6.07 Å². The molecule has 1 atom stereocenters. The fourth-order valence-corrected chi connectivity index (χ4v) is 2.04. The van der Waals surface area contributed by atoms with E-state index >= 15 is 0 Å². The van der Waals surface area contributed by atoms with Gasteiger partial charge in [0, 0.05) is 13.0 Å². The van der Waals surface area contributed by atoms with E-state index in [9.17, 15) is 9.59 Å². The van der Waals surface area contributed by atoms with Crippen molar-refractivity contribution >= 4 is 28.4 Å². The van der Waals surface area contributed by atoms with Crippen LogP contribution in [0.15, 0.2) is 24.3 Å². The summed E-state index contributed by atoms with van der Waals surface area (Å²) in [6.45, 7) is 0.250. The molecule has 4 nitrogen and oxygen atoms in total. The van der Waals surface area contributed by atoms with Crippen molar-refractivity contribution in [2.24, 2.45) is 5.92 Å². The molecule has 0 saturated carbocycles. The van der Waals surface area contributed by atoms with Gasteiger partial charge in [-0.25, -0.2) is 0 Å². The average Bonchev–Trinajstić information content (AvgIpc) is 2.71. The summed E-state index contributed by atoms with van der Waals surface area (Å²) in [5, 5.41) is 8.45. The number of halogens is 1. The standard InChI is InChI=1S/C12H9ClN2O2/c13-12(17)9-5-11(16)15(7-9)10-4-2-1-3-8(10)6-14/h1-4,9H,5,7H2. The number of rotatable bonds is 2. The van der Waals surface area contributed by atoms with Gasteiger partial charge in [0.2, 0.25) is 11.1 Å². The van der Waals surface area contributed by atoms with Gasteiger partial charge in [0.05, 0.1) is 17.2 Å². The van der Waals surface area contributed by atoms with Crippen LogP contribution in [0.2, 0.25) is 0 Å². The van der Waals surface area contributed by atoms with E-state index in [1.165, 1.54) is 4.90 Å². The lowest BCUT2D eigenvalue weighted by Gasteiger charge is -2.17. The maximum absolute atomic E-state index is 11.8. The van der Waals surface area contributed by atoms with Crippen molar-refractivity contribution in [1.82, 2.24) is 0 Å². The topological polar surface area (TPSA) is 61.2 Å². The van der Waals surface area contributed by atoms with Gasteiger partial charge in [-0.15, -0.1) is 0 Å². The van der Waals surface area contributed by atoms with Gasteiger partial charge in [0.15, 0.2) is 0 Å². The average molecular weight is 249 g/mol. The molecule has 1 aromatic carbocycles. The molecule has 0 spiro atoms. The highest BCUT2D eigenvalue weighted by Crippen LogP contribution is 2.28. The zero-order valence-corrected chi connectivity index (χ0v) is 9.65. The molecule has 0 aliphatic carbocycles. The van der Waals surface area contributed by atoms with E-state index < -0.39 is 11.2 Å². The van der Waals surface area contributed by atoms with Gasteiger partial charge in [0.1, 0.15) is 6.07 Å². The van der Waals surface area contributed by atoms with Crippen LogP contribution in [0, 0.1) is 17.2 Å². The summed E-state index contributed by atoms with van der Waals surface area (Å²) in [6, 6.07) is 8.83. The first-order valence-corrected chi connectivity index (χ1v) is 5.50. The molecule has 0 aromatic heterocycles. The normalized spacial score (nSPS) is 19.2. The van der Waals surface area contributed by atoms with E-state index in [-0.39, 0.29) is 18.9 Å². The molecule has 0 radical (unpaired) electrons. The highest BCUT2D eigenvalue weighted by atomic mass is 35.5. The van der Waals surface area contributed by atoms with E-state index in [0.29, 0.717) is 11.3 Å². The quantitative estimate of drug-likeness (QED) is 0.748. The molecular weight excluding hydrogens is 240 g/mol. The molecule has 0 bridgehead atoms. The third kappa shape index (κ3) is 2.15. The molecule has 86 valence electrons. The summed E-state index contributed by atoms with van der Waals surface area (Å²) in [6.07, 6.45) is 0.113. The Bertz CT molecular complexity index is 521. The van der Waals surface area contributed by atoms with Crippen LogP contribution >= 0.6 is 11.6 Å². The number of nitrogens with zero attached hydrogens (tertiary/aromatic N) is 2. The number of nitriles is 1. The van der Waals surface area contributed by atoms with Crippen molar-refractivity contribution in [1.29, 1.82) is 5.26 Å². The molecule has 0 N–H and O–H groups in total. The highest BCUT2D eigenvalue weighted by Gasteiger charge is 2.35. The minimum atomic E-state index is -0.504. The highest BCUT2D eigenvalue weighted by molar-refractivity contribution is 6.64. The summed E-state index contributed by atoms with van der Waals surface area (Å²) in [4.78, 5) is 24.3. The second-order valence-electron chi connectivity index (χ2n) is 3.84. The molecule has 1 amide bonds. The fraction of sp³-hybridized carbons (Fsp3) is 0.250. The molecule has 1 heterocycles. The Morgan fingerprint density at radius 3 is 2.76 bits per heavy atom. The van der Waals surface area contributed by atoms with Gasteiger partial charge in [-0.05, 0) is 23.7 Å². The minimum Gasteiger partial charge on any atom is -0.310 e. The smallest absolute Gasteiger partial charge is 0.227 e. The number of para-hydroxylation sites is 1. The number of carbonyl (C=O) groups excluding carboxylic acids is 2. The Morgan fingerprint density at radius 1 is 1.47 bits per heavy atom. The maximum Gasteiger partial charge on any atom is 0.227 e. The lowest BCUT2D eigenvalue weighted by molar-refractivity contribution is -0.120. The SMILES string of the molecule is N#Cc1ccccc1N1CC(C(=O)Cl)CC1=O. The number of amides is 1. The van der Waals surface area contributed by atoms with Crippen LogP contribution < -0.4 is 4.90 Å². The van der Waals surface area contributed by atoms with Crippen molar-refractivity contribution in [3.8, 4) is 6.07 Å². The van der Waals surface area contributed by atoms with E-state index in [4.69, 9.17) is 16.9 Å². The summed E-state index contributed by atoms with van der Waals surface area (Å²) in [7, 11) is 0. The molecule has 1 aliphatic rings. The van der Waals surface area contributed by atoms with Crippen molar-refractivity contribution in [2.75, 3.05) is 11.4 Å². The maximum atomic E-state index is 11.8. The second kappa shape index (κ2) is 4.56. The van der Waals surface area contributed by atoms with Gasteiger partial charge in [-0.3, -0.25) is 9.59 Å². The number of hydrogen-bond acceptors (Lipinski definition) is 3. The van der Waals surface area contributed by atoms with Crippen LogP contribution in [0.4, 0.5) is 5.69 Å². The van der Waals surface area contributed by atoms with Crippen molar-refractivity contribution in [3.05, 3.63) is 29.8 Å². The summed E-state index contributed by atoms with van der Waals surface area (Å²) >= 11 is 5.39. The van der Waals surface area contributed by atoms with Crippen LogP contribution in [-0.2, 0) is 9.59 Å². The van der Waals surface area contributed by atoms with Gasteiger partial charge < -0.3 is 4.90 Å². The van der Waals surface area contributed by atoms with Crippen LogP contribution in [0.1, 0.15) is 12.0 Å². The lowest BCUT2D eigenvalue weighted by atomic mass is 10.1. The third-order valence-corrected chi connectivity index (χ3v) is 3.07. The molecular formula is C12H9ClN2O2. The van der Waals surface area contributed by atoms with Gasteiger partial charge in [-0.1, -0.05) is 12.1 Å². The predicted octanol–water partition coefficient (Wildman–Crippen LogP) is 1.68. The Hall–Kier alpha value is -1.86. The molecule has 1 unspecified atom stereocenters. The van der Waals surface area contributed by atoms with Gasteiger partial charge in [0.25, 0.3) is 0 Å². The minimum absolute atomic E-state index is 0.113. The fourth-order valence-electron chi connectivity index (χ4n) is 1.90. The Kier molecular flexibility index (Phi) is 3.12. The Morgan fingerprint density at radius 2 is 2.18 bits per heavy atom. The van der Waals surface area contributed by atoms with Crippen LogP contribution in [0.5, 0.6) is 0 Å². The first-order valence-electron chi connectivity index (χ1n) is 5.12. The molecule has 1 aromatic rings. The van der Waals surface area contributed by atoms with Crippen LogP contribution in [0.25, 0.3) is 0 Å². The number of hydrogen-bond donors (Lipinski definition) is 0. The van der Waals surface area contributed by atoms with Crippen molar-refractivity contribution in [2.45, 2.75) is 6.42 Å². The summed E-state index contributed by atoms with van der Waals surface area (Å²) in [5.74, 6) is -0.650. The van der Waals surface area contributed by atoms with E-state index in [1.54, 1.807) is 24.3 Å². The largest absolute Gasteiger partial charge is 0.310 e. The number of carbonyl (C=O) groups is 2. The molecule has 1 saturated heterocycles. The molecule has 17 heavy (non-hydrogen) atoms. The Labute approximate surface area is 103 Å². The van der Waals surface area contributed by atoms with E-state index in [0.717, 1.165) is 0 Å². The second-order valence-corrected chi connectivity index (χ2v) is 4.21. The molecule has 1 aliphatic heterocycles. The number of benzene rings is 1. The lowest BCUT2D eigenvalue weighted by Crippen LogP contribution is -2.25. The predicted molar refractivity (Wildman–Crippen MR) is 62.5 cm³/mol. The van der Waals surface area contributed by atoms with Gasteiger partial charge >= 0.3 is 0 Å². The molecule has 5 heteroatoms. The number of anilines is 1. The zero-order chi connectivity index (χ0) is 12.4. The molecule has 2 rings (SSSR count). The monoisotopic (exact) mass is 248 g/mol. The van der Waals surface area contributed by atoms with Gasteiger partial charge in [-0.2, -0.15) is 5.26 Å². The van der Waals surface area contributed by atoms with Crippen molar-refractivity contribution in [3.63, 3.8) is 0 Å². The third-order valence-electron chi connectivity index (χ3n) is 2.76. The Balaban J connectivity index is 2.33.